The molecule has 0 radical (unpaired) electrons. The summed E-state index contributed by atoms with van der Waals surface area (Å²) in [5.41, 5.74) is -0.341. The predicted molar refractivity (Wildman–Crippen MR) is 99.1 cm³/mol. The van der Waals surface area contributed by atoms with Crippen LogP contribution in [0.4, 0.5) is 0 Å². The van der Waals surface area contributed by atoms with Crippen LogP contribution in [-0.4, -0.2) is 49.4 Å². The van der Waals surface area contributed by atoms with E-state index in [0.29, 0.717) is 5.76 Å². The molecule has 0 unspecified atom stereocenters. The van der Waals surface area contributed by atoms with Gasteiger partial charge in [-0.05, 0) is 30.3 Å². The number of ether oxygens (including phenoxy) is 1. The normalized spacial score (nSPS) is 11.4. The lowest BCUT2D eigenvalue weighted by Crippen LogP contribution is -2.31. The number of carbonyl (C=O) groups excluding carboxylic acids is 2. The second kappa shape index (κ2) is 9.38. The zero-order valence-corrected chi connectivity index (χ0v) is 16.4. The molecule has 152 valence electrons. The second-order valence-electron chi connectivity index (χ2n) is 5.70. The van der Waals surface area contributed by atoms with E-state index in [4.69, 9.17) is 9.15 Å². The standard InChI is InChI=1S/C18H22N2O7S/c1-3-20(4-2)28(24,25)14-7-8-16(21)15(10-14)18(23)27-12-17(22)19-11-13-6-5-9-26-13/h5-10,21H,3-4,11-12H2,1-2H3,(H,19,22). The van der Waals surface area contributed by atoms with Crippen molar-refractivity contribution in [3.05, 3.63) is 47.9 Å². The Labute approximate surface area is 163 Å². The largest absolute Gasteiger partial charge is 0.507 e. The average Bonchev–Trinajstić information content (AvgIpc) is 3.19. The highest BCUT2D eigenvalue weighted by atomic mass is 32.2. The minimum atomic E-state index is -3.81. The number of amides is 1. The molecule has 0 saturated carbocycles. The van der Waals surface area contributed by atoms with E-state index >= 15 is 0 Å². The molecular weight excluding hydrogens is 388 g/mol. The Bertz CT molecular complexity index is 919. The molecule has 0 aliphatic carbocycles. The van der Waals surface area contributed by atoms with Crippen LogP contribution in [0.25, 0.3) is 0 Å². The molecule has 1 heterocycles. The van der Waals surface area contributed by atoms with Gasteiger partial charge in [0.25, 0.3) is 5.91 Å². The first kappa shape index (κ1) is 21.5. The summed E-state index contributed by atoms with van der Waals surface area (Å²) in [6.45, 7) is 3.44. The number of phenols is 1. The van der Waals surface area contributed by atoms with E-state index in [-0.39, 0.29) is 30.1 Å². The van der Waals surface area contributed by atoms with Crippen LogP contribution in [0.2, 0.25) is 0 Å². The Kier molecular flexibility index (Phi) is 7.18. The first-order chi connectivity index (χ1) is 13.3. The molecule has 0 fully saturated rings. The summed E-state index contributed by atoms with van der Waals surface area (Å²) in [6, 6.07) is 6.68. The van der Waals surface area contributed by atoms with E-state index in [1.165, 1.54) is 16.6 Å². The number of furan rings is 1. The van der Waals surface area contributed by atoms with Crippen LogP contribution in [-0.2, 0) is 26.1 Å². The number of phenolic OH excluding ortho intramolecular Hbond substituents is 1. The predicted octanol–water partition coefficient (Wildman–Crippen LogP) is 1.49. The summed E-state index contributed by atoms with van der Waals surface area (Å²) in [7, 11) is -3.81. The third-order valence-corrected chi connectivity index (χ3v) is 5.95. The minimum absolute atomic E-state index is 0.131. The number of nitrogens with one attached hydrogen (secondary N) is 1. The quantitative estimate of drug-likeness (QED) is 0.600. The molecule has 0 spiro atoms. The van der Waals surface area contributed by atoms with Crippen molar-refractivity contribution in [2.75, 3.05) is 19.7 Å². The Morgan fingerprint density at radius 1 is 1.21 bits per heavy atom. The molecule has 9 nitrogen and oxygen atoms in total. The van der Waals surface area contributed by atoms with Gasteiger partial charge in [0, 0.05) is 13.1 Å². The van der Waals surface area contributed by atoms with Crippen molar-refractivity contribution < 1.29 is 32.3 Å². The summed E-state index contributed by atoms with van der Waals surface area (Å²) in [4.78, 5) is 23.8. The van der Waals surface area contributed by atoms with Crippen LogP contribution in [0.15, 0.2) is 45.9 Å². The number of benzene rings is 1. The van der Waals surface area contributed by atoms with E-state index < -0.39 is 34.3 Å². The van der Waals surface area contributed by atoms with Gasteiger partial charge in [-0.15, -0.1) is 0 Å². The molecule has 0 bridgehead atoms. The summed E-state index contributed by atoms with van der Waals surface area (Å²) < 4.78 is 36.3. The van der Waals surface area contributed by atoms with Gasteiger partial charge in [0.2, 0.25) is 10.0 Å². The topological polar surface area (TPSA) is 126 Å². The third kappa shape index (κ3) is 5.11. The molecule has 0 atom stereocenters. The van der Waals surface area contributed by atoms with E-state index in [0.717, 1.165) is 12.1 Å². The number of hydrogen-bond donors (Lipinski definition) is 2. The van der Waals surface area contributed by atoms with Gasteiger partial charge in [-0.1, -0.05) is 13.8 Å². The summed E-state index contributed by atoms with van der Waals surface area (Å²) in [5, 5.41) is 12.4. The van der Waals surface area contributed by atoms with Gasteiger partial charge in [0.05, 0.1) is 17.7 Å². The SMILES string of the molecule is CCN(CC)S(=O)(=O)c1ccc(O)c(C(=O)OCC(=O)NCc2ccco2)c1. The maximum Gasteiger partial charge on any atom is 0.342 e. The van der Waals surface area contributed by atoms with Crippen molar-refractivity contribution in [3.8, 4) is 5.75 Å². The number of aromatic hydroxyl groups is 1. The third-order valence-electron chi connectivity index (χ3n) is 3.91. The highest BCUT2D eigenvalue weighted by Crippen LogP contribution is 2.24. The Morgan fingerprint density at radius 2 is 1.93 bits per heavy atom. The van der Waals surface area contributed by atoms with Crippen molar-refractivity contribution in [2.45, 2.75) is 25.3 Å². The molecule has 10 heteroatoms. The first-order valence-electron chi connectivity index (χ1n) is 8.59. The maximum atomic E-state index is 12.6. The van der Waals surface area contributed by atoms with Gasteiger partial charge >= 0.3 is 5.97 Å². The highest BCUT2D eigenvalue weighted by molar-refractivity contribution is 7.89. The molecule has 1 aromatic heterocycles. The van der Waals surface area contributed by atoms with Crippen LogP contribution in [0, 0.1) is 0 Å². The fourth-order valence-corrected chi connectivity index (χ4v) is 3.90. The lowest BCUT2D eigenvalue weighted by molar-refractivity contribution is -0.124. The molecule has 0 aliphatic heterocycles. The summed E-state index contributed by atoms with van der Waals surface area (Å²) in [5.74, 6) is -1.50. The van der Waals surface area contributed by atoms with Crippen molar-refractivity contribution >= 4 is 21.9 Å². The highest BCUT2D eigenvalue weighted by Gasteiger charge is 2.24. The van der Waals surface area contributed by atoms with Crippen LogP contribution >= 0.6 is 0 Å². The monoisotopic (exact) mass is 410 g/mol. The second-order valence-corrected chi connectivity index (χ2v) is 7.64. The fraction of sp³-hybridized carbons (Fsp3) is 0.333. The van der Waals surface area contributed by atoms with Crippen molar-refractivity contribution in [1.29, 1.82) is 0 Å². The van der Waals surface area contributed by atoms with Crippen LogP contribution in [0.3, 0.4) is 0 Å². The molecule has 0 aliphatic rings. The molecule has 1 aromatic carbocycles. The maximum absolute atomic E-state index is 12.6. The first-order valence-corrected chi connectivity index (χ1v) is 10.0. The molecular formula is C18H22N2O7S. The summed E-state index contributed by atoms with van der Waals surface area (Å²) >= 11 is 0. The number of sulfonamides is 1. The Balaban J connectivity index is 2.05. The Morgan fingerprint density at radius 3 is 2.54 bits per heavy atom. The Hall–Kier alpha value is -2.85. The molecule has 0 saturated heterocycles. The molecule has 1 amide bonds. The fourth-order valence-electron chi connectivity index (χ4n) is 2.41. The van der Waals surface area contributed by atoms with E-state index in [1.54, 1.807) is 26.0 Å². The van der Waals surface area contributed by atoms with Gasteiger partial charge in [0.15, 0.2) is 6.61 Å². The minimum Gasteiger partial charge on any atom is -0.507 e. The van der Waals surface area contributed by atoms with Gasteiger partial charge < -0.3 is 19.6 Å². The van der Waals surface area contributed by atoms with Gasteiger partial charge in [0.1, 0.15) is 17.1 Å². The van der Waals surface area contributed by atoms with Crippen LogP contribution < -0.4 is 5.32 Å². The van der Waals surface area contributed by atoms with Crippen molar-refractivity contribution in [3.63, 3.8) is 0 Å². The number of carbonyl (C=O) groups is 2. The average molecular weight is 410 g/mol. The van der Waals surface area contributed by atoms with E-state index in [2.05, 4.69) is 5.32 Å². The van der Waals surface area contributed by atoms with Crippen molar-refractivity contribution in [1.82, 2.24) is 9.62 Å². The van der Waals surface area contributed by atoms with Gasteiger partial charge in [-0.25, -0.2) is 13.2 Å². The number of nitrogens with zero attached hydrogens (tertiary/aromatic N) is 1. The van der Waals surface area contributed by atoms with E-state index in [9.17, 15) is 23.1 Å². The van der Waals surface area contributed by atoms with Gasteiger partial charge in [-0.3, -0.25) is 4.79 Å². The van der Waals surface area contributed by atoms with E-state index in [1.807, 2.05) is 0 Å². The number of esters is 1. The van der Waals surface area contributed by atoms with Crippen molar-refractivity contribution in [2.24, 2.45) is 0 Å². The van der Waals surface area contributed by atoms with Crippen LogP contribution in [0.5, 0.6) is 5.75 Å². The number of hydrogen-bond acceptors (Lipinski definition) is 7. The number of rotatable bonds is 9. The zero-order chi connectivity index (χ0) is 20.7. The zero-order valence-electron chi connectivity index (χ0n) is 15.5. The molecule has 2 rings (SSSR count). The summed E-state index contributed by atoms with van der Waals surface area (Å²) in [6.07, 6.45) is 1.46. The molecule has 28 heavy (non-hydrogen) atoms. The smallest absolute Gasteiger partial charge is 0.342 e. The lowest BCUT2D eigenvalue weighted by Gasteiger charge is -2.19. The van der Waals surface area contributed by atoms with Crippen LogP contribution in [0.1, 0.15) is 30.0 Å². The van der Waals surface area contributed by atoms with Gasteiger partial charge in [-0.2, -0.15) is 4.31 Å². The molecule has 2 aromatic rings. The lowest BCUT2D eigenvalue weighted by atomic mass is 10.2. The molecule has 2 N–H and O–H groups in total.